The topological polar surface area (TPSA) is 73.8 Å². The number of anilines is 1. The first-order valence-electron chi connectivity index (χ1n) is 6.52. The van der Waals surface area contributed by atoms with Gasteiger partial charge in [0, 0.05) is 32.4 Å². The van der Waals surface area contributed by atoms with E-state index in [0.717, 1.165) is 30.9 Å². The molecule has 0 saturated heterocycles. The largest absolute Gasteiger partial charge is 0.355 e. The van der Waals surface area contributed by atoms with Crippen molar-refractivity contribution in [3.63, 3.8) is 0 Å². The van der Waals surface area contributed by atoms with Gasteiger partial charge in [0.05, 0.1) is 6.26 Å². The summed E-state index contributed by atoms with van der Waals surface area (Å²) in [5.74, 6) is 0.769. The van der Waals surface area contributed by atoms with E-state index in [1.807, 2.05) is 12.1 Å². The zero-order valence-corrected chi connectivity index (χ0v) is 12.6. The van der Waals surface area contributed by atoms with E-state index in [1.54, 1.807) is 7.05 Å². The average molecular weight is 296 g/mol. The van der Waals surface area contributed by atoms with Gasteiger partial charge in [-0.1, -0.05) is 18.2 Å². The molecule has 20 heavy (non-hydrogen) atoms. The number of guanidine groups is 1. The number of benzene rings is 1. The van der Waals surface area contributed by atoms with Crippen LogP contribution < -0.4 is 14.9 Å². The third-order valence-electron chi connectivity index (χ3n) is 3.13. The van der Waals surface area contributed by atoms with Crippen LogP contribution in [0.3, 0.4) is 0 Å². The van der Waals surface area contributed by atoms with E-state index >= 15 is 0 Å². The monoisotopic (exact) mass is 296 g/mol. The number of sulfonamides is 1. The van der Waals surface area contributed by atoms with Gasteiger partial charge in [0.25, 0.3) is 0 Å². The third-order valence-corrected chi connectivity index (χ3v) is 3.86. The van der Waals surface area contributed by atoms with E-state index in [1.165, 1.54) is 5.56 Å². The van der Waals surface area contributed by atoms with E-state index in [-0.39, 0.29) is 0 Å². The molecule has 2 N–H and O–H groups in total. The highest BCUT2D eigenvalue weighted by Crippen LogP contribution is 2.27. The van der Waals surface area contributed by atoms with E-state index < -0.39 is 10.0 Å². The van der Waals surface area contributed by atoms with Crippen molar-refractivity contribution in [2.45, 2.75) is 6.42 Å². The zero-order valence-electron chi connectivity index (χ0n) is 11.8. The van der Waals surface area contributed by atoms with E-state index in [2.05, 4.69) is 32.1 Å². The minimum absolute atomic E-state index is 0.341. The molecule has 2 rings (SSSR count). The van der Waals surface area contributed by atoms with Crippen LogP contribution in [-0.2, 0) is 16.4 Å². The van der Waals surface area contributed by atoms with E-state index in [9.17, 15) is 8.42 Å². The Kier molecular flexibility index (Phi) is 4.61. The van der Waals surface area contributed by atoms with Crippen molar-refractivity contribution < 1.29 is 8.42 Å². The average Bonchev–Trinajstić information content (AvgIpc) is 2.82. The lowest BCUT2D eigenvalue weighted by atomic mass is 10.2. The Morgan fingerprint density at radius 2 is 2.10 bits per heavy atom. The molecule has 0 fully saturated rings. The van der Waals surface area contributed by atoms with Gasteiger partial charge in [-0.3, -0.25) is 4.99 Å². The van der Waals surface area contributed by atoms with Crippen LogP contribution in [0, 0.1) is 0 Å². The van der Waals surface area contributed by atoms with Gasteiger partial charge in [-0.15, -0.1) is 0 Å². The Labute approximate surface area is 119 Å². The summed E-state index contributed by atoms with van der Waals surface area (Å²) in [6.45, 7) is 1.73. The van der Waals surface area contributed by atoms with E-state index in [0.29, 0.717) is 13.1 Å². The number of aliphatic imine (C=N–C) groups is 1. The quantitative estimate of drug-likeness (QED) is 0.472. The molecule has 6 nitrogen and oxygen atoms in total. The second-order valence-corrected chi connectivity index (χ2v) is 6.50. The number of nitrogens with zero attached hydrogens (tertiary/aromatic N) is 2. The molecule has 0 bridgehead atoms. The minimum Gasteiger partial charge on any atom is -0.355 e. The molecule has 0 amide bonds. The predicted molar refractivity (Wildman–Crippen MR) is 81.7 cm³/mol. The first-order chi connectivity index (χ1) is 9.51. The number of hydrogen-bond acceptors (Lipinski definition) is 3. The molecular weight excluding hydrogens is 276 g/mol. The molecule has 1 aliphatic heterocycles. The Bertz CT molecular complexity index is 598. The SMILES string of the molecule is CN=C(NCCNS(C)(=O)=O)N1CCc2ccccc21. The summed E-state index contributed by atoms with van der Waals surface area (Å²) in [5, 5.41) is 3.17. The first-order valence-corrected chi connectivity index (χ1v) is 8.41. The molecule has 0 radical (unpaired) electrons. The fourth-order valence-corrected chi connectivity index (χ4v) is 2.74. The first kappa shape index (κ1) is 14.8. The van der Waals surface area contributed by atoms with Gasteiger partial charge in [-0.05, 0) is 18.1 Å². The van der Waals surface area contributed by atoms with Crippen LogP contribution in [0.4, 0.5) is 5.69 Å². The summed E-state index contributed by atoms with van der Waals surface area (Å²) in [5.41, 5.74) is 2.47. The molecule has 0 atom stereocenters. The second kappa shape index (κ2) is 6.23. The standard InChI is InChI=1S/C13H20N4O2S/c1-14-13(15-8-9-16-20(2,18)19)17-10-7-11-5-3-4-6-12(11)17/h3-6,16H,7-10H2,1-2H3,(H,14,15). The summed E-state index contributed by atoms with van der Waals surface area (Å²) in [6.07, 6.45) is 2.15. The van der Waals surface area contributed by atoms with Crippen molar-refractivity contribution in [3.05, 3.63) is 29.8 Å². The van der Waals surface area contributed by atoms with Crippen molar-refractivity contribution in [2.24, 2.45) is 4.99 Å². The molecular formula is C13H20N4O2S. The lowest BCUT2D eigenvalue weighted by Gasteiger charge is -2.22. The minimum atomic E-state index is -3.14. The molecule has 110 valence electrons. The number of rotatable bonds is 4. The van der Waals surface area contributed by atoms with Gasteiger partial charge in [0.1, 0.15) is 0 Å². The molecule has 0 spiro atoms. The predicted octanol–water partition coefficient (Wildman–Crippen LogP) is 0.174. The Morgan fingerprint density at radius 3 is 2.80 bits per heavy atom. The maximum Gasteiger partial charge on any atom is 0.208 e. The second-order valence-electron chi connectivity index (χ2n) is 4.67. The molecule has 1 aromatic rings. The fraction of sp³-hybridized carbons (Fsp3) is 0.462. The molecule has 0 saturated carbocycles. The maximum absolute atomic E-state index is 11.0. The van der Waals surface area contributed by atoms with Crippen LogP contribution in [0.1, 0.15) is 5.56 Å². The molecule has 7 heteroatoms. The molecule has 0 aliphatic carbocycles. The van der Waals surface area contributed by atoms with E-state index in [4.69, 9.17) is 0 Å². The molecule has 1 aromatic carbocycles. The number of hydrogen-bond donors (Lipinski definition) is 2. The highest BCUT2D eigenvalue weighted by Gasteiger charge is 2.21. The van der Waals surface area contributed by atoms with Gasteiger partial charge in [-0.2, -0.15) is 0 Å². The number of nitrogens with one attached hydrogen (secondary N) is 2. The Balaban J connectivity index is 1.94. The summed E-state index contributed by atoms with van der Waals surface area (Å²) in [6, 6.07) is 8.24. The van der Waals surface area contributed by atoms with Gasteiger partial charge < -0.3 is 10.2 Å². The van der Waals surface area contributed by atoms with Crippen molar-refractivity contribution in [2.75, 3.05) is 37.8 Å². The van der Waals surface area contributed by atoms with Crippen molar-refractivity contribution in [1.82, 2.24) is 10.0 Å². The van der Waals surface area contributed by atoms with Crippen LogP contribution in [0.15, 0.2) is 29.3 Å². The molecule has 0 unspecified atom stereocenters. The Hall–Kier alpha value is -1.60. The lowest BCUT2D eigenvalue weighted by Crippen LogP contribution is -2.43. The number of para-hydroxylation sites is 1. The molecule has 0 aromatic heterocycles. The number of fused-ring (bicyclic) bond motifs is 1. The van der Waals surface area contributed by atoms with Crippen LogP contribution in [-0.4, -0.2) is 47.3 Å². The maximum atomic E-state index is 11.0. The highest BCUT2D eigenvalue weighted by atomic mass is 32.2. The summed E-state index contributed by atoms with van der Waals surface area (Å²) >= 11 is 0. The fourth-order valence-electron chi connectivity index (χ4n) is 2.26. The summed E-state index contributed by atoms with van der Waals surface area (Å²) < 4.78 is 24.4. The normalized spacial score (nSPS) is 15.3. The lowest BCUT2D eigenvalue weighted by molar-refractivity contribution is 0.587. The zero-order chi connectivity index (χ0) is 14.6. The van der Waals surface area contributed by atoms with Crippen LogP contribution in [0.2, 0.25) is 0 Å². The summed E-state index contributed by atoms with van der Waals surface area (Å²) in [4.78, 5) is 6.38. The molecule has 1 aliphatic rings. The van der Waals surface area contributed by atoms with Crippen LogP contribution in [0.25, 0.3) is 0 Å². The van der Waals surface area contributed by atoms with Gasteiger partial charge >= 0.3 is 0 Å². The van der Waals surface area contributed by atoms with Crippen LogP contribution in [0.5, 0.6) is 0 Å². The van der Waals surface area contributed by atoms with Gasteiger partial charge in [0.2, 0.25) is 10.0 Å². The van der Waals surface area contributed by atoms with Crippen molar-refractivity contribution >= 4 is 21.7 Å². The van der Waals surface area contributed by atoms with Crippen LogP contribution >= 0.6 is 0 Å². The molecule has 1 heterocycles. The highest BCUT2D eigenvalue weighted by molar-refractivity contribution is 7.88. The van der Waals surface area contributed by atoms with Crippen molar-refractivity contribution in [3.8, 4) is 0 Å². The third kappa shape index (κ3) is 3.71. The van der Waals surface area contributed by atoms with Crippen molar-refractivity contribution in [1.29, 1.82) is 0 Å². The van der Waals surface area contributed by atoms with Gasteiger partial charge in [-0.25, -0.2) is 13.1 Å². The summed E-state index contributed by atoms with van der Waals surface area (Å²) in [7, 11) is -1.41. The Morgan fingerprint density at radius 1 is 1.35 bits per heavy atom. The smallest absolute Gasteiger partial charge is 0.208 e. The van der Waals surface area contributed by atoms with Gasteiger partial charge in [0.15, 0.2) is 5.96 Å².